The minimum absolute atomic E-state index is 0.204. The number of carboxylic acid groups (broad SMARTS) is 1. The van der Waals surface area contributed by atoms with Gasteiger partial charge >= 0.3 is 5.97 Å². The van der Waals surface area contributed by atoms with Crippen molar-refractivity contribution in [1.82, 2.24) is 20.2 Å². The Morgan fingerprint density at radius 2 is 1.69 bits per heavy atom. The van der Waals surface area contributed by atoms with Crippen LogP contribution in [0.5, 0.6) is 5.75 Å². The van der Waals surface area contributed by atoms with E-state index in [4.69, 9.17) is 9.84 Å². The van der Waals surface area contributed by atoms with Crippen LogP contribution in [0.4, 0.5) is 5.13 Å². The smallest absolute Gasteiger partial charge is 0.335 e. The zero-order valence-corrected chi connectivity index (χ0v) is 19.1. The lowest BCUT2D eigenvalue weighted by Gasteiger charge is -2.11. The number of nitrogens with zero attached hydrogens (tertiary/aromatic N) is 4. The molecule has 1 amide bonds. The summed E-state index contributed by atoms with van der Waals surface area (Å²) in [5, 5.41) is 20.1. The minimum atomic E-state index is -0.985. The van der Waals surface area contributed by atoms with Gasteiger partial charge in [-0.25, -0.2) is 14.8 Å². The first kappa shape index (κ1) is 22.1. The molecular formula is C25H17N5O4S. The molecule has 2 aromatic carbocycles. The van der Waals surface area contributed by atoms with Gasteiger partial charge in [-0.05, 0) is 30.3 Å². The number of hydrogen-bond donors (Lipinski definition) is 2. The van der Waals surface area contributed by atoms with E-state index in [1.54, 1.807) is 25.3 Å². The highest BCUT2D eigenvalue weighted by Gasteiger charge is 2.18. The van der Waals surface area contributed by atoms with Crippen molar-refractivity contribution in [3.05, 3.63) is 84.2 Å². The van der Waals surface area contributed by atoms with Crippen molar-refractivity contribution in [2.24, 2.45) is 0 Å². The maximum Gasteiger partial charge on any atom is 0.335 e. The van der Waals surface area contributed by atoms with Crippen LogP contribution < -0.4 is 10.1 Å². The van der Waals surface area contributed by atoms with Crippen molar-refractivity contribution in [2.45, 2.75) is 0 Å². The fraction of sp³-hybridized carbons (Fsp3) is 0.0400. The fourth-order valence-electron chi connectivity index (χ4n) is 3.56. The predicted octanol–water partition coefficient (Wildman–Crippen LogP) is 4.77. The third-order valence-corrected chi connectivity index (χ3v) is 6.16. The molecule has 2 N–H and O–H groups in total. The van der Waals surface area contributed by atoms with Gasteiger partial charge in [0.2, 0.25) is 0 Å². The van der Waals surface area contributed by atoms with Crippen LogP contribution >= 0.6 is 11.3 Å². The predicted molar refractivity (Wildman–Crippen MR) is 132 cm³/mol. The van der Waals surface area contributed by atoms with Crippen molar-refractivity contribution in [2.75, 3.05) is 12.4 Å². The van der Waals surface area contributed by atoms with Gasteiger partial charge in [-0.2, -0.15) is 10.2 Å². The number of carbonyl (C=O) groups excluding carboxylic acids is 1. The Hall–Kier alpha value is -4.70. The number of hydrogen-bond acceptors (Lipinski definition) is 8. The number of rotatable bonds is 6. The summed E-state index contributed by atoms with van der Waals surface area (Å²) in [5.74, 6) is -0.756. The molecule has 5 rings (SSSR count). The zero-order valence-electron chi connectivity index (χ0n) is 18.3. The van der Waals surface area contributed by atoms with Crippen LogP contribution in [0, 0.1) is 0 Å². The summed E-state index contributed by atoms with van der Waals surface area (Å²) in [6, 6.07) is 17.4. The van der Waals surface area contributed by atoms with E-state index < -0.39 is 5.97 Å². The van der Waals surface area contributed by atoms with Gasteiger partial charge in [0.05, 0.1) is 36.3 Å². The average Bonchev–Trinajstić information content (AvgIpc) is 3.30. The number of para-hydroxylation sites is 1. The number of carboxylic acids is 1. The Morgan fingerprint density at radius 3 is 2.46 bits per heavy atom. The topological polar surface area (TPSA) is 127 Å². The van der Waals surface area contributed by atoms with Gasteiger partial charge in [-0.3, -0.25) is 10.1 Å². The second-order valence-electron chi connectivity index (χ2n) is 7.39. The highest BCUT2D eigenvalue weighted by atomic mass is 32.1. The molecule has 0 radical (unpaired) electrons. The summed E-state index contributed by atoms with van der Waals surface area (Å²) in [6.07, 6.45) is 2.93. The van der Waals surface area contributed by atoms with Crippen LogP contribution in [0.25, 0.3) is 32.7 Å². The Balaban J connectivity index is 1.43. The van der Waals surface area contributed by atoms with E-state index in [9.17, 15) is 9.59 Å². The third-order valence-electron chi connectivity index (χ3n) is 5.28. The number of anilines is 1. The van der Waals surface area contributed by atoms with Crippen LogP contribution in [-0.2, 0) is 0 Å². The summed E-state index contributed by atoms with van der Waals surface area (Å²) >= 11 is 1.24. The maximum absolute atomic E-state index is 13.1. The minimum Gasteiger partial charge on any atom is -0.496 e. The first-order valence-corrected chi connectivity index (χ1v) is 11.2. The van der Waals surface area contributed by atoms with E-state index in [2.05, 4.69) is 25.5 Å². The van der Waals surface area contributed by atoms with Gasteiger partial charge in [-0.1, -0.05) is 41.7 Å². The molecule has 0 aliphatic rings. The number of thiazole rings is 1. The molecule has 0 fully saturated rings. The Morgan fingerprint density at radius 1 is 0.914 bits per heavy atom. The Labute approximate surface area is 203 Å². The second kappa shape index (κ2) is 9.27. The van der Waals surface area contributed by atoms with Gasteiger partial charge in [0.25, 0.3) is 5.91 Å². The molecule has 172 valence electrons. The Kier molecular flexibility index (Phi) is 5.86. The molecule has 35 heavy (non-hydrogen) atoms. The molecule has 0 spiro atoms. The van der Waals surface area contributed by atoms with Crippen molar-refractivity contribution in [3.8, 4) is 28.1 Å². The van der Waals surface area contributed by atoms with Crippen molar-refractivity contribution < 1.29 is 19.4 Å². The van der Waals surface area contributed by atoms with Crippen molar-refractivity contribution in [1.29, 1.82) is 0 Å². The summed E-state index contributed by atoms with van der Waals surface area (Å²) in [4.78, 5) is 34.0. The molecular weight excluding hydrogens is 466 g/mol. The van der Waals surface area contributed by atoms with Crippen molar-refractivity contribution in [3.63, 3.8) is 0 Å². The molecule has 0 aliphatic heterocycles. The van der Waals surface area contributed by atoms with E-state index in [0.29, 0.717) is 38.0 Å². The molecule has 10 heteroatoms. The monoisotopic (exact) mass is 483 g/mol. The van der Waals surface area contributed by atoms with Gasteiger partial charge in [-0.15, -0.1) is 0 Å². The first-order chi connectivity index (χ1) is 17.0. The number of nitrogens with one attached hydrogen (secondary N) is 1. The number of pyridine rings is 1. The van der Waals surface area contributed by atoms with Crippen LogP contribution in [0.3, 0.4) is 0 Å². The second-order valence-corrected chi connectivity index (χ2v) is 8.37. The van der Waals surface area contributed by atoms with Crippen LogP contribution in [0.15, 0.2) is 73.1 Å². The lowest BCUT2D eigenvalue weighted by molar-refractivity contribution is 0.0696. The van der Waals surface area contributed by atoms with E-state index in [-0.39, 0.29) is 11.5 Å². The molecule has 3 heterocycles. The molecule has 5 aromatic rings. The summed E-state index contributed by atoms with van der Waals surface area (Å²) < 4.78 is 5.43. The van der Waals surface area contributed by atoms with Gasteiger partial charge < -0.3 is 9.84 Å². The molecule has 0 unspecified atom stereocenters. The number of aromatic nitrogens is 4. The number of ether oxygens (including phenoxy) is 1. The first-order valence-electron chi connectivity index (χ1n) is 10.4. The third kappa shape index (κ3) is 4.42. The largest absolute Gasteiger partial charge is 0.496 e. The lowest BCUT2D eigenvalue weighted by Crippen LogP contribution is -2.14. The van der Waals surface area contributed by atoms with Crippen LogP contribution in [0.2, 0.25) is 0 Å². The van der Waals surface area contributed by atoms with Gasteiger partial charge in [0.1, 0.15) is 16.1 Å². The number of benzene rings is 2. The van der Waals surface area contributed by atoms with Crippen LogP contribution in [0.1, 0.15) is 20.7 Å². The number of aromatic carboxylic acids is 1. The molecule has 0 atom stereocenters. The SMILES string of the molecule is COc1ccccc1-c1cnncc1C(=O)Nc1nc2ccc(-c3ccc(C(=O)O)cc3)nc2s1. The summed E-state index contributed by atoms with van der Waals surface area (Å²) in [7, 11) is 1.57. The molecule has 9 nitrogen and oxygen atoms in total. The van der Waals surface area contributed by atoms with Gasteiger partial charge in [0, 0.05) is 16.7 Å². The van der Waals surface area contributed by atoms with E-state index in [0.717, 1.165) is 11.1 Å². The normalized spacial score (nSPS) is 10.8. The number of fused-ring (bicyclic) bond motifs is 1. The highest BCUT2D eigenvalue weighted by Crippen LogP contribution is 2.32. The fourth-order valence-corrected chi connectivity index (χ4v) is 4.40. The molecule has 0 saturated heterocycles. The molecule has 3 aromatic heterocycles. The maximum atomic E-state index is 13.1. The van der Waals surface area contributed by atoms with E-state index in [1.165, 1.54) is 35.9 Å². The summed E-state index contributed by atoms with van der Waals surface area (Å²) in [5.41, 5.74) is 3.93. The van der Waals surface area contributed by atoms with E-state index >= 15 is 0 Å². The quantitative estimate of drug-likeness (QED) is 0.353. The number of amides is 1. The lowest BCUT2D eigenvalue weighted by atomic mass is 10.0. The standard InChI is InChI=1S/C25H17N5O4S/c1-34-21-5-3-2-4-16(21)17-12-26-27-13-18(17)22(31)30-25-29-20-11-10-19(28-23(20)35-25)14-6-8-15(9-7-14)24(32)33/h2-13H,1H3,(H,32,33)(H,29,30,31). The van der Waals surface area contributed by atoms with E-state index in [1.807, 2.05) is 30.3 Å². The zero-order chi connectivity index (χ0) is 24.4. The number of carbonyl (C=O) groups is 2. The number of methoxy groups -OCH3 is 1. The molecule has 0 bridgehead atoms. The summed E-state index contributed by atoms with van der Waals surface area (Å²) in [6.45, 7) is 0. The molecule has 0 saturated carbocycles. The molecule has 0 aliphatic carbocycles. The van der Waals surface area contributed by atoms with Gasteiger partial charge in [0.15, 0.2) is 5.13 Å². The highest BCUT2D eigenvalue weighted by molar-refractivity contribution is 7.22. The Bertz CT molecular complexity index is 1570. The van der Waals surface area contributed by atoms with Crippen LogP contribution in [-0.4, -0.2) is 44.3 Å². The van der Waals surface area contributed by atoms with Crippen molar-refractivity contribution >= 4 is 38.7 Å². The average molecular weight is 484 g/mol.